The highest BCUT2D eigenvalue weighted by Crippen LogP contribution is 2.22. The van der Waals surface area contributed by atoms with E-state index in [2.05, 4.69) is 4.72 Å². The Hall–Kier alpha value is -1.00. The summed E-state index contributed by atoms with van der Waals surface area (Å²) in [6, 6.07) is 4.41. The monoisotopic (exact) mass is 291 g/mol. The summed E-state index contributed by atoms with van der Waals surface area (Å²) < 4.78 is 48.5. The van der Waals surface area contributed by atoms with Crippen LogP contribution in [0.5, 0.6) is 0 Å². The predicted octanol–water partition coefficient (Wildman–Crippen LogP) is -1.29. The number of nitrogens with one attached hydrogen (secondary N) is 1. The van der Waals surface area contributed by atoms with E-state index in [1.165, 1.54) is 18.2 Å². The molecule has 1 aliphatic carbocycles. The lowest BCUT2D eigenvalue weighted by atomic mass is 10.4. The van der Waals surface area contributed by atoms with Crippen LogP contribution in [0, 0.1) is 0 Å². The fraction of sp³-hybridized carbons (Fsp3) is 0.333. The SMILES string of the molecule is NC1CC1NS(=O)(=O)c1cccc(S(N)(=O)=O)c1. The molecule has 0 aromatic heterocycles. The van der Waals surface area contributed by atoms with Crippen LogP contribution < -0.4 is 15.6 Å². The third kappa shape index (κ3) is 2.87. The van der Waals surface area contributed by atoms with Crippen LogP contribution in [0.2, 0.25) is 0 Å². The molecule has 18 heavy (non-hydrogen) atoms. The fourth-order valence-corrected chi connectivity index (χ4v) is 3.42. The maximum atomic E-state index is 11.9. The van der Waals surface area contributed by atoms with Crippen molar-refractivity contribution in [3.63, 3.8) is 0 Å². The van der Waals surface area contributed by atoms with Crippen molar-refractivity contribution in [3.8, 4) is 0 Å². The average Bonchev–Trinajstić information content (AvgIpc) is 2.92. The van der Waals surface area contributed by atoms with Crippen LogP contribution in [-0.4, -0.2) is 28.9 Å². The third-order valence-corrected chi connectivity index (χ3v) is 4.99. The van der Waals surface area contributed by atoms with Crippen LogP contribution in [0.1, 0.15) is 6.42 Å². The number of primary sulfonamides is 1. The Morgan fingerprint density at radius 1 is 1.17 bits per heavy atom. The van der Waals surface area contributed by atoms with E-state index in [4.69, 9.17) is 10.9 Å². The van der Waals surface area contributed by atoms with Crippen molar-refractivity contribution < 1.29 is 16.8 Å². The van der Waals surface area contributed by atoms with Gasteiger partial charge in [0.25, 0.3) is 0 Å². The van der Waals surface area contributed by atoms with Gasteiger partial charge in [-0.2, -0.15) is 0 Å². The molecule has 1 aromatic carbocycles. The zero-order chi connectivity index (χ0) is 13.6. The summed E-state index contributed by atoms with van der Waals surface area (Å²) in [6.07, 6.45) is 0.577. The Bertz CT molecular complexity index is 669. The normalized spacial score (nSPS) is 23.9. The van der Waals surface area contributed by atoms with E-state index in [1.54, 1.807) is 0 Å². The Balaban J connectivity index is 2.33. The van der Waals surface area contributed by atoms with Gasteiger partial charge in [-0.15, -0.1) is 0 Å². The molecule has 0 amide bonds. The molecule has 9 heteroatoms. The molecule has 0 bridgehead atoms. The van der Waals surface area contributed by atoms with Crippen molar-refractivity contribution in [3.05, 3.63) is 24.3 Å². The lowest BCUT2D eigenvalue weighted by Crippen LogP contribution is -2.30. The largest absolute Gasteiger partial charge is 0.326 e. The lowest BCUT2D eigenvalue weighted by molar-refractivity contribution is 0.579. The molecule has 0 saturated heterocycles. The average molecular weight is 291 g/mol. The number of hydrogen-bond acceptors (Lipinski definition) is 5. The minimum Gasteiger partial charge on any atom is -0.326 e. The van der Waals surface area contributed by atoms with Crippen LogP contribution in [-0.2, 0) is 20.0 Å². The quantitative estimate of drug-likeness (QED) is 0.635. The lowest BCUT2D eigenvalue weighted by Gasteiger charge is -2.06. The summed E-state index contributed by atoms with van der Waals surface area (Å²) in [4.78, 5) is -0.390. The predicted molar refractivity (Wildman–Crippen MR) is 64.5 cm³/mol. The second-order valence-corrected chi connectivity index (χ2v) is 7.42. The summed E-state index contributed by atoms with van der Waals surface area (Å²) in [6.45, 7) is 0. The standard InChI is InChI=1S/C9H13N3O4S2/c10-8-5-9(8)12-18(15,16)7-3-1-2-6(4-7)17(11,13)14/h1-4,8-9,12H,5,10H2,(H2,11,13,14). The van der Waals surface area contributed by atoms with Crippen LogP contribution in [0.25, 0.3) is 0 Å². The summed E-state index contributed by atoms with van der Waals surface area (Å²) in [5.74, 6) is 0. The minimum atomic E-state index is -3.93. The molecule has 2 atom stereocenters. The van der Waals surface area contributed by atoms with E-state index in [0.29, 0.717) is 6.42 Å². The number of benzene rings is 1. The van der Waals surface area contributed by atoms with E-state index in [9.17, 15) is 16.8 Å². The first kappa shape index (κ1) is 13.4. The molecule has 5 N–H and O–H groups in total. The number of hydrogen-bond donors (Lipinski definition) is 3. The van der Waals surface area contributed by atoms with Crippen molar-refractivity contribution in [2.24, 2.45) is 10.9 Å². The molecular weight excluding hydrogens is 278 g/mol. The van der Waals surface area contributed by atoms with E-state index in [0.717, 1.165) is 6.07 Å². The van der Waals surface area contributed by atoms with Gasteiger partial charge >= 0.3 is 0 Å². The second-order valence-electron chi connectivity index (χ2n) is 4.15. The van der Waals surface area contributed by atoms with Gasteiger partial charge in [0.2, 0.25) is 20.0 Å². The van der Waals surface area contributed by atoms with Gasteiger partial charge in [0.15, 0.2) is 0 Å². The molecule has 1 aliphatic rings. The highest BCUT2D eigenvalue weighted by molar-refractivity contribution is 7.90. The van der Waals surface area contributed by atoms with Gasteiger partial charge in [-0.05, 0) is 24.6 Å². The van der Waals surface area contributed by atoms with Crippen LogP contribution in [0.3, 0.4) is 0 Å². The van der Waals surface area contributed by atoms with Crippen LogP contribution in [0.15, 0.2) is 34.1 Å². The van der Waals surface area contributed by atoms with E-state index in [1.807, 2.05) is 0 Å². The zero-order valence-corrected chi connectivity index (χ0v) is 10.9. The van der Waals surface area contributed by atoms with Gasteiger partial charge < -0.3 is 5.73 Å². The van der Waals surface area contributed by atoms with Crippen LogP contribution >= 0.6 is 0 Å². The van der Waals surface area contributed by atoms with Gasteiger partial charge in [-0.3, -0.25) is 0 Å². The highest BCUT2D eigenvalue weighted by atomic mass is 32.2. The topological polar surface area (TPSA) is 132 Å². The Morgan fingerprint density at radius 2 is 1.72 bits per heavy atom. The molecule has 0 heterocycles. The van der Waals surface area contributed by atoms with Crippen LogP contribution in [0.4, 0.5) is 0 Å². The molecule has 7 nitrogen and oxygen atoms in total. The number of sulfonamides is 2. The Morgan fingerprint density at radius 3 is 2.22 bits per heavy atom. The smallest absolute Gasteiger partial charge is 0.240 e. The maximum Gasteiger partial charge on any atom is 0.240 e. The first-order valence-corrected chi connectivity index (χ1v) is 8.14. The number of nitrogens with two attached hydrogens (primary N) is 2. The molecule has 0 spiro atoms. The van der Waals surface area contributed by atoms with Crippen molar-refractivity contribution in [1.29, 1.82) is 0 Å². The molecule has 1 fully saturated rings. The Kier molecular flexibility index (Phi) is 3.19. The first-order valence-electron chi connectivity index (χ1n) is 5.11. The highest BCUT2D eigenvalue weighted by Gasteiger charge is 2.37. The van der Waals surface area contributed by atoms with Crippen molar-refractivity contribution in [1.82, 2.24) is 4.72 Å². The minimum absolute atomic E-state index is 0.145. The molecule has 2 unspecified atom stereocenters. The molecule has 0 radical (unpaired) electrons. The van der Waals surface area contributed by atoms with E-state index < -0.39 is 20.0 Å². The van der Waals surface area contributed by atoms with Gasteiger partial charge in [-0.1, -0.05) is 6.07 Å². The summed E-state index contributed by atoms with van der Waals surface area (Å²) in [5.41, 5.74) is 5.51. The van der Waals surface area contributed by atoms with Gasteiger partial charge in [-0.25, -0.2) is 26.7 Å². The summed E-state index contributed by atoms with van der Waals surface area (Å²) in [5, 5.41) is 4.94. The van der Waals surface area contributed by atoms with E-state index in [-0.39, 0.29) is 21.9 Å². The second kappa shape index (κ2) is 4.28. The number of rotatable bonds is 4. The molecule has 1 saturated carbocycles. The molecule has 2 rings (SSSR count). The Labute approximate surface area is 105 Å². The third-order valence-electron chi connectivity index (χ3n) is 2.59. The first-order chi connectivity index (χ1) is 8.20. The summed E-state index contributed by atoms with van der Waals surface area (Å²) in [7, 11) is -7.69. The van der Waals surface area contributed by atoms with Crippen molar-refractivity contribution in [2.45, 2.75) is 28.3 Å². The zero-order valence-electron chi connectivity index (χ0n) is 9.28. The maximum absolute atomic E-state index is 11.9. The molecule has 100 valence electrons. The molecular formula is C9H13N3O4S2. The molecule has 0 aliphatic heterocycles. The molecule has 1 aromatic rings. The van der Waals surface area contributed by atoms with Gasteiger partial charge in [0.05, 0.1) is 9.79 Å². The fourth-order valence-electron chi connectivity index (χ4n) is 1.44. The van der Waals surface area contributed by atoms with Gasteiger partial charge in [0.1, 0.15) is 0 Å². The van der Waals surface area contributed by atoms with Crippen molar-refractivity contribution >= 4 is 20.0 Å². The van der Waals surface area contributed by atoms with E-state index >= 15 is 0 Å². The summed E-state index contributed by atoms with van der Waals surface area (Å²) >= 11 is 0. The van der Waals surface area contributed by atoms with Gasteiger partial charge in [0, 0.05) is 12.1 Å². The van der Waals surface area contributed by atoms with Crippen molar-refractivity contribution in [2.75, 3.05) is 0 Å².